The summed E-state index contributed by atoms with van der Waals surface area (Å²) in [6.07, 6.45) is 2.48. The molecule has 1 fully saturated rings. The Morgan fingerprint density at radius 1 is 1.76 bits per heavy atom. The molecule has 0 aromatic carbocycles. The van der Waals surface area contributed by atoms with Gasteiger partial charge in [0.25, 0.3) is 0 Å². The molecular formula is C11H17N3O2S. The molecule has 17 heavy (non-hydrogen) atoms. The summed E-state index contributed by atoms with van der Waals surface area (Å²) in [4.78, 5) is 17.8. The largest absolute Gasteiger partial charge is 0.464 e. The second-order valence-electron chi connectivity index (χ2n) is 4.19. The zero-order chi connectivity index (χ0) is 12.3. The number of methoxy groups -OCH3 is 1. The average molecular weight is 255 g/mol. The molecule has 1 saturated heterocycles. The minimum atomic E-state index is -0.382. The number of anilines is 1. The standard InChI is InChI=1S/C11H17N3O2S/c1-14-5-3-4-8(14)6-12-11-13-9(7-17-11)10(15)16-2/h7-8H,3-6H2,1-2H3,(H,12,13). The van der Waals surface area contributed by atoms with E-state index in [1.165, 1.54) is 31.3 Å². The summed E-state index contributed by atoms with van der Waals surface area (Å²) in [5.41, 5.74) is 0.375. The van der Waals surface area contributed by atoms with E-state index >= 15 is 0 Å². The number of esters is 1. The second kappa shape index (κ2) is 5.46. The Morgan fingerprint density at radius 3 is 3.24 bits per heavy atom. The number of aromatic nitrogens is 1. The molecule has 1 N–H and O–H groups in total. The van der Waals surface area contributed by atoms with Gasteiger partial charge in [-0.25, -0.2) is 9.78 Å². The van der Waals surface area contributed by atoms with Gasteiger partial charge in [0.15, 0.2) is 10.8 Å². The number of thiazole rings is 1. The Bertz CT molecular complexity index is 394. The van der Waals surface area contributed by atoms with E-state index in [-0.39, 0.29) is 5.97 Å². The van der Waals surface area contributed by atoms with E-state index < -0.39 is 0 Å². The minimum absolute atomic E-state index is 0.375. The highest BCUT2D eigenvalue weighted by atomic mass is 32.1. The highest BCUT2D eigenvalue weighted by Gasteiger charge is 2.20. The second-order valence-corrected chi connectivity index (χ2v) is 5.05. The molecule has 1 atom stereocenters. The van der Waals surface area contributed by atoms with Crippen LogP contribution in [-0.2, 0) is 4.74 Å². The maximum absolute atomic E-state index is 11.2. The third-order valence-electron chi connectivity index (χ3n) is 3.06. The van der Waals surface area contributed by atoms with E-state index in [1.807, 2.05) is 0 Å². The molecule has 0 bridgehead atoms. The highest BCUT2D eigenvalue weighted by molar-refractivity contribution is 7.13. The van der Waals surface area contributed by atoms with E-state index in [2.05, 4.69) is 27.0 Å². The van der Waals surface area contributed by atoms with Crippen molar-refractivity contribution in [2.75, 3.05) is 32.6 Å². The monoisotopic (exact) mass is 255 g/mol. The van der Waals surface area contributed by atoms with Gasteiger partial charge >= 0.3 is 5.97 Å². The van der Waals surface area contributed by atoms with Crippen LogP contribution >= 0.6 is 11.3 Å². The van der Waals surface area contributed by atoms with Crippen LogP contribution in [-0.4, -0.2) is 49.1 Å². The number of hydrogen-bond donors (Lipinski definition) is 1. The van der Waals surface area contributed by atoms with Crippen LogP contribution in [0.4, 0.5) is 5.13 Å². The lowest BCUT2D eigenvalue weighted by atomic mass is 10.2. The molecule has 94 valence electrons. The Morgan fingerprint density at radius 2 is 2.59 bits per heavy atom. The summed E-state index contributed by atoms with van der Waals surface area (Å²) in [6, 6.07) is 0.570. The van der Waals surface area contributed by atoms with Crippen LogP contribution < -0.4 is 5.32 Å². The van der Waals surface area contributed by atoms with Crippen LogP contribution in [0.3, 0.4) is 0 Å². The Labute approximate surface area is 105 Å². The molecular weight excluding hydrogens is 238 g/mol. The first-order chi connectivity index (χ1) is 8.20. The first-order valence-electron chi connectivity index (χ1n) is 5.68. The van der Waals surface area contributed by atoms with Crippen molar-refractivity contribution in [2.24, 2.45) is 0 Å². The molecule has 0 amide bonds. The van der Waals surface area contributed by atoms with Crippen molar-refractivity contribution in [2.45, 2.75) is 18.9 Å². The van der Waals surface area contributed by atoms with Gasteiger partial charge in [-0.05, 0) is 26.4 Å². The summed E-state index contributed by atoms with van der Waals surface area (Å²) in [7, 11) is 3.50. The third-order valence-corrected chi connectivity index (χ3v) is 3.86. The third kappa shape index (κ3) is 2.95. The quantitative estimate of drug-likeness (QED) is 0.825. The van der Waals surface area contributed by atoms with Gasteiger partial charge in [-0.1, -0.05) is 0 Å². The summed E-state index contributed by atoms with van der Waals surface area (Å²) in [5, 5.41) is 5.77. The Kier molecular flexibility index (Phi) is 3.96. The Hall–Kier alpha value is -1.14. The zero-order valence-electron chi connectivity index (χ0n) is 10.1. The molecule has 1 aromatic rings. The van der Waals surface area contributed by atoms with Gasteiger partial charge in [0.2, 0.25) is 0 Å². The fraction of sp³-hybridized carbons (Fsp3) is 0.636. The van der Waals surface area contributed by atoms with Crippen molar-refractivity contribution in [3.8, 4) is 0 Å². The lowest BCUT2D eigenvalue weighted by Crippen LogP contribution is -2.31. The van der Waals surface area contributed by atoms with E-state index in [0.717, 1.165) is 18.2 Å². The molecule has 0 saturated carbocycles. The fourth-order valence-corrected chi connectivity index (χ4v) is 2.69. The number of nitrogens with zero attached hydrogens (tertiary/aromatic N) is 2. The van der Waals surface area contributed by atoms with E-state index in [9.17, 15) is 4.79 Å². The fourth-order valence-electron chi connectivity index (χ4n) is 2.00. The van der Waals surface area contributed by atoms with Gasteiger partial charge in [0.05, 0.1) is 7.11 Å². The van der Waals surface area contributed by atoms with Gasteiger partial charge < -0.3 is 15.0 Å². The van der Waals surface area contributed by atoms with Crippen LogP contribution in [0.2, 0.25) is 0 Å². The molecule has 1 unspecified atom stereocenters. The van der Waals surface area contributed by atoms with Crippen molar-refractivity contribution in [1.82, 2.24) is 9.88 Å². The maximum atomic E-state index is 11.2. The zero-order valence-corrected chi connectivity index (χ0v) is 10.9. The van der Waals surface area contributed by atoms with Crippen molar-refractivity contribution < 1.29 is 9.53 Å². The minimum Gasteiger partial charge on any atom is -0.464 e. The molecule has 2 rings (SSSR count). The van der Waals surface area contributed by atoms with Gasteiger partial charge in [-0.2, -0.15) is 0 Å². The van der Waals surface area contributed by atoms with Crippen molar-refractivity contribution in [3.63, 3.8) is 0 Å². The average Bonchev–Trinajstić information content (AvgIpc) is 2.94. The van der Waals surface area contributed by atoms with Crippen LogP contribution in [0, 0.1) is 0 Å². The number of ether oxygens (including phenoxy) is 1. The van der Waals surface area contributed by atoms with Crippen LogP contribution in [0.1, 0.15) is 23.3 Å². The first-order valence-corrected chi connectivity index (χ1v) is 6.56. The van der Waals surface area contributed by atoms with Crippen molar-refractivity contribution in [3.05, 3.63) is 11.1 Å². The van der Waals surface area contributed by atoms with E-state index in [4.69, 9.17) is 0 Å². The molecule has 2 heterocycles. The number of hydrogen-bond acceptors (Lipinski definition) is 6. The van der Waals surface area contributed by atoms with Gasteiger partial charge in [-0.3, -0.25) is 0 Å². The lowest BCUT2D eigenvalue weighted by Gasteiger charge is -2.19. The number of likely N-dealkylation sites (tertiary alicyclic amines) is 1. The predicted molar refractivity (Wildman–Crippen MR) is 67.6 cm³/mol. The number of rotatable bonds is 4. The van der Waals surface area contributed by atoms with E-state index in [1.54, 1.807) is 5.38 Å². The molecule has 0 spiro atoms. The maximum Gasteiger partial charge on any atom is 0.357 e. The summed E-state index contributed by atoms with van der Waals surface area (Å²) >= 11 is 1.44. The number of nitrogens with one attached hydrogen (secondary N) is 1. The Balaban J connectivity index is 1.86. The molecule has 5 nitrogen and oxygen atoms in total. The summed E-state index contributed by atoms with van der Waals surface area (Å²) < 4.78 is 4.61. The van der Waals surface area contributed by atoms with Gasteiger partial charge in [0, 0.05) is 18.0 Å². The predicted octanol–water partition coefficient (Wildman–Crippen LogP) is 1.44. The lowest BCUT2D eigenvalue weighted by molar-refractivity contribution is 0.0595. The SMILES string of the molecule is COC(=O)c1csc(NCC2CCCN2C)n1. The van der Waals surface area contributed by atoms with Crippen LogP contribution in [0.15, 0.2) is 5.38 Å². The molecule has 1 aliphatic rings. The van der Waals surface area contributed by atoms with E-state index in [0.29, 0.717) is 11.7 Å². The van der Waals surface area contributed by atoms with Crippen LogP contribution in [0.5, 0.6) is 0 Å². The van der Waals surface area contributed by atoms with Crippen molar-refractivity contribution >= 4 is 22.4 Å². The van der Waals surface area contributed by atoms with Crippen molar-refractivity contribution in [1.29, 1.82) is 0 Å². The molecule has 1 aliphatic heterocycles. The number of carbonyl (C=O) groups is 1. The van der Waals surface area contributed by atoms with Gasteiger partial charge in [-0.15, -0.1) is 11.3 Å². The van der Waals surface area contributed by atoms with Crippen LogP contribution in [0.25, 0.3) is 0 Å². The smallest absolute Gasteiger partial charge is 0.357 e. The summed E-state index contributed by atoms with van der Waals surface area (Å²) in [6.45, 7) is 2.04. The van der Waals surface area contributed by atoms with Gasteiger partial charge in [0.1, 0.15) is 0 Å². The molecule has 0 radical (unpaired) electrons. The highest BCUT2D eigenvalue weighted by Crippen LogP contribution is 2.19. The molecule has 6 heteroatoms. The summed E-state index contributed by atoms with van der Waals surface area (Å²) in [5.74, 6) is -0.382. The normalized spacial score (nSPS) is 20.5. The number of carbonyl (C=O) groups excluding carboxylic acids is 1. The number of likely N-dealkylation sites (N-methyl/N-ethyl adjacent to an activating group) is 1. The first kappa shape index (κ1) is 12.3. The molecule has 1 aromatic heterocycles. The molecule has 0 aliphatic carbocycles. The topological polar surface area (TPSA) is 54.5 Å².